The molecule has 0 saturated heterocycles. The molecule has 0 bridgehead atoms. The molecule has 1 heterocycles. The molecular formula is C16H21BrN2S. The third-order valence-corrected chi connectivity index (χ3v) is 5.01. The van der Waals surface area contributed by atoms with Gasteiger partial charge in [0, 0.05) is 46.6 Å². The summed E-state index contributed by atoms with van der Waals surface area (Å²) in [5, 5.41) is 5.64. The van der Waals surface area contributed by atoms with Crippen LogP contribution in [0.4, 0.5) is 5.69 Å². The van der Waals surface area contributed by atoms with E-state index in [4.69, 9.17) is 0 Å². The van der Waals surface area contributed by atoms with Gasteiger partial charge in [0.05, 0.1) is 0 Å². The lowest BCUT2D eigenvalue weighted by Gasteiger charge is -2.25. The summed E-state index contributed by atoms with van der Waals surface area (Å²) in [7, 11) is 0. The quantitative estimate of drug-likeness (QED) is 0.741. The maximum atomic E-state index is 3.52. The van der Waals surface area contributed by atoms with E-state index in [-0.39, 0.29) is 0 Å². The fraction of sp³-hybridized carbons (Fsp3) is 0.375. The van der Waals surface area contributed by atoms with Gasteiger partial charge in [-0.1, -0.05) is 18.2 Å². The first kappa shape index (κ1) is 15.5. The molecule has 0 saturated carbocycles. The average molecular weight is 353 g/mol. The van der Waals surface area contributed by atoms with Gasteiger partial charge in [0.2, 0.25) is 0 Å². The SMILES string of the molecule is CCN(CCNCc1cc(Br)cs1)c1ccccc1C. The number of rotatable bonds is 7. The lowest BCUT2D eigenvalue weighted by molar-refractivity contribution is 0.670. The molecule has 0 spiro atoms. The molecule has 0 atom stereocenters. The van der Waals surface area contributed by atoms with E-state index >= 15 is 0 Å². The Morgan fingerprint density at radius 3 is 2.75 bits per heavy atom. The van der Waals surface area contributed by atoms with Crippen molar-refractivity contribution in [2.45, 2.75) is 20.4 Å². The van der Waals surface area contributed by atoms with Crippen LogP contribution in [0.25, 0.3) is 0 Å². The Labute approximate surface area is 133 Å². The van der Waals surface area contributed by atoms with E-state index in [0.29, 0.717) is 0 Å². The fourth-order valence-electron chi connectivity index (χ4n) is 2.24. The smallest absolute Gasteiger partial charge is 0.0396 e. The van der Waals surface area contributed by atoms with Crippen LogP contribution in [-0.2, 0) is 6.54 Å². The van der Waals surface area contributed by atoms with Crippen molar-refractivity contribution in [3.63, 3.8) is 0 Å². The number of aryl methyl sites for hydroxylation is 1. The van der Waals surface area contributed by atoms with E-state index in [1.807, 2.05) is 0 Å². The van der Waals surface area contributed by atoms with Crippen LogP contribution in [0, 0.1) is 6.92 Å². The fourth-order valence-corrected chi connectivity index (χ4v) is 3.66. The third-order valence-electron chi connectivity index (χ3n) is 3.32. The topological polar surface area (TPSA) is 15.3 Å². The predicted molar refractivity (Wildman–Crippen MR) is 92.8 cm³/mol. The van der Waals surface area contributed by atoms with Crippen molar-refractivity contribution < 1.29 is 0 Å². The van der Waals surface area contributed by atoms with E-state index in [0.717, 1.165) is 26.2 Å². The van der Waals surface area contributed by atoms with Crippen molar-refractivity contribution in [1.82, 2.24) is 5.32 Å². The van der Waals surface area contributed by atoms with Gasteiger partial charge in [-0.3, -0.25) is 0 Å². The maximum absolute atomic E-state index is 3.52. The summed E-state index contributed by atoms with van der Waals surface area (Å²) in [6, 6.07) is 10.8. The van der Waals surface area contributed by atoms with Crippen LogP contribution in [0.15, 0.2) is 40.2 Å². The summed E-state index contributed by atoms with van der Waals surface area (Å²) >= 11 is 5.28. The van der Waals surface area contributed by atoms with Crippen LogP contribution in [0.1, 0.15) is 17.4 Å². The van der Waals surface area contributed by atoms with E-state index in [1.165, 1.54) is 20.6 Å². The summed E-state index contributed by atoms with van der Waals surface area (Å²) < 4.78 is 1.18. The molecule has 0 aliphatic rings. The zero-order valence-electron chi connectivity index (χ0n) is 12.0. The summed E-state index contributed by atoms with van der Waals surface area (Å²) in [6.45, 7) is 8.40. The number of anilines is 1. The Hall–Kier alpha value is -0.840. The molecule has 0 amide bonds. The zero-order valence-corrected chi connectivity index (χ0v) is 14.4. The maximum Gasteiger partial charge on any atom is 0.0396 e. The second kappa shape index (κ2) is 7.81. The van der Waals surface area contributed by atoms with Gasteiger partial charge in [-0.15, -0.1) is 11.3 Å². The average Bonchev–Trinajstić information content (AvgIpc) is 2.86. The van der Waals surface area contributed by atoms with Crippen LogP contribution in [0.5, 0.6) is 0 Å². The summed E-state index contributed by atoms with van der Waals surface area (Å²) in [6.07, 6.45) is 0. The molecule has 0 aliphatic heterocycles. The Bertz CT molecular complexity index is 539. The summed E-state index contributed by atoms with van der Waals surface area (Å²) in [5.41, 5.74) is 2.69. The molecule has 20 heavy (non-hydrogen) atoms. The predicted octanol–water partition coefficient (Wildman–Crippen LogP) is 4.44. The first-order chi connectivity index (χ1) is 9.70. The molecule has 2 rings (SSSR count). The number of thiophene rings is 1. The van der Waals surface area contributed by atoms with Crippen LogP contribution in [-0.4, -0.2) is 19.6 Å². The number of nitrogens with one attached hydrogen (secondary N) is 1. The van der Waals surface area contributed by atoms with Crippen molar-refractivity contribution in [3.05, 3.63) is 50.6 Å². The minimum Gasteiger partial charge on any atom is -0.370 e. The Morgan fingerprint density at radius 1 is 1.30 bits per heavy atom. The molecule has 0 fully saturated rings. The van der Waals surface area contributed by atoms with Gasteiger partial charge in [-0.25, -0.2) is 0 Å². The number of halogens is 1. The van der Waals surface area contributed by atoms with Gasteiger partial charge in [0.15, 0.2) is 0 Å². The van der Waals surface area contributed by atoms with Crippen LogP contribution < -0.4 is 10.2 Å². The Balaban J connectivity index is 1.81. The number of hydrogen-bond donors (Lipinski definition) is 1. The van der Waals surface area contributed by atoms with E-state index in [2.05, 4.69) is 75.7 Å². The largest absolute Gasteiger partial charge is 0.370 e. The normalized spacial score (nSPS) is 10.8. The molecule has 2 aromatic rings. The zero-order chi connectivity index (χ0) is 14.4. The highest BCUT2D eigenvalue weighted by Crippen LogP contribution is 2.20. The number of para-hydroxylation sites is 1. The van der Waals surface area contributed by atoms with Gasteiger partial charge in [-0.05, 0) is 47.5 Å². The number of hydrogen-bond acceptors (Lipinski definition) is 3. The minimum absolute atomic E-state index is 0.946. The minimum atomic E-state index is 0.946. The monoisotopic (exact) mass is 352 g/mol. The summed E-state index contributed by atoms with van der Waals surface area (Å²) in [5.74, 6) is 0. The van der Waals surface area contributed by atoms with Gasteiger partial charge in [0.25, 0.3) is 0 Å². The van der Waals surface area contributed by atoms with Crippen LogP contribution in [0.2, 0.25) is 0 Å². The number of likely N-dealkylation sites (N-methyl/N-ethyl adjacent to an activating group) is 1. The highest BCUT2D eigenvalue weighted by Gasteiger charge is 2.06. The number of benzene rings is 1. The van der Waals surface area contributed by atoms with Crippen molar-refractivity contribution >= 4 is 33.0 Å². The Morgan fingerprint density at radius 2 is 2.10 bits per heavy atom. The second-order valence-corrected chi connectivity index (χ2v) is 6.69. The van der Waals surface area contributed by atoms with E-state index < -0.39 is 0 Å². The van der Waals surface area contributed by atoms with Crippen molar-refractivity contribution in [2.75, 3.05) is 24.5 Å². The molecule has 1 N–H and O–H groups in total. The molecule has 1 aromatic carbocycles. The van der Waals surface area contributed by atoms with Crippen molar-refractivity contribution in [1.29, 1.82) is 0 Å². The van der Waals surface area contributed by atoms with E-state index in [9.17, 15) is 0 Å². The first-order valence-corrected chi connectivity index (χ1v) is 8.62. The van der Waals surface area contributed by atoms with Crippen molar-refractivity contribution in [3.8, 4) is 0 Å². The van der Waals surface area contributed by atoms with Crippen molar-refractivity contribution in [2.24, 2.45) is 0 Å². The highest BCUT2D eigenvalue weighted by molar-refractivity contribution is 9.10. The van der Waals surface area contributed by atoms with Gasteiger partial charge < -0.3 is 10.2 Å². The molecule has 108 valence electrons. The van der Waals surface area contributed by atoms with Gasteiger partial charge in [-0.2, -0.15) is 0 Å². The first-order valence-electron chi connectivity index (χ1n) is 6.95. The lowest BCUT2D eigenvalue weighted by atomic mass is 10.2. The highest BCUT2D eigenvalue weighted by atomic mass is 79.9. The van der Waals surface area contributed by atoms with Crippen LogP contribution >= 0.6 is 27.3 Å². The molecule has 0 radical (unpaired) electrons. The summed E-state index contributed by atoms with van der Waals surface area (Å²) in [4.78, 5) is 3.79. The molecule has 1 aromatic heterocycles. The molecule has 4 heteroatoms. The molecule has 0 aliphatic carbocycles. The van der Waals surface area contributed by atoms with Gasteiger partial charge in [0.1, 0.15) is 0 Å². The second-order valence-electron chi connectivity index (χ2n) is 4.77. The van der Waals surface area contributed by atoms with Gasteiger partial charge >= 0.3 is 0 Å². The molecule has 2 nitrogen and oxygen atoms in total. The number of nitrogens with zero attached hydrogens (tertiary/aromatic N) is 1. The molecular weight excluding hydrogens is 332 g/mol. The third kappa shape index (κ3) is 4.33. The standard InChI is InChI=1S/C16H21BrN2S/c1-3-19(16-7-5-4-6-13(16)2)9-8-18-11-15-10-14(17)12-20-15/h4-7,10,12,18H,3,8-9,11H2,1-2H3. The molecule has 0 unspecified atom stereocenters. The van der Waals surface area contributed by atoms with E-state index in [1.54, 1.807) is 11.3 Å². The lowest BCUT2D eigenvalue weighted by Crippen LogP contribution is -2.32. The van der Waals surface area contributed by atoms with Crippen LogP contribution in [0.3, 0.4) is 0 Å². The Kier molecular flexibility index (Phi) is 6.07.